The third kappa shape index (κ3) is 4.28. The van der Waals surface area contributed by atoms with Gasteiger partial charge in [-0.25, -0.2) is 0 Å². The lowest BCUT2D eigenvalue weighted by Crippen LogP contribution is -2.46. The van der Waals surface area contributed by atoms with E-state index < -0.39 is 12.1 Å². The Hall–Kier alpha value is -3.39. The van der Waals surface area contributed by atoms with E-state index in [1.165, 1.54) is 0 Å². The molecule has 2 aliphatic rings. The molecule has 2 aromatic carbocycles. The molecule has 1 saturated heterocycles. The van der Waals surface area contributed by atoms with Crippen molar-refractivity contribution >= 4 is 5.91 Å². The second-order valence-electron chi connectivity index (χ2n) is 7.41. The number of benzene rings is 2. The highest BCUT2D eigenvalue weighted by molar-refractivity contribution is 5.81. The number of hydrogen-bond donors (Lipinski definition) is 2. The molecule has 2 aliphatic heterocycles. The van der Waals surface area contributed by atoms with Crippen LogP contribution in [0.4, 0.5) is 0 Å². The van der Waals surface area contributed by atoms with Crippen LogP contribution in [-0.4, -0.2) is 37.7 Å². The van der Waals surface area contributed by atoms with Crippen molar-refractivity contribution in [3.05, 3.63) is 53.1 Å². The molecule has 0 spiro atoms. The van der Waals surface area contributed by atoms with Gasteiger partial charge in [-0.1, -0.05) is 18.2 Å². The average Bonchev–Trinajstić information content (AvgIpc) is 3.07. The molecule has 7 nitrogen and oxygen atoms in total. The summed E-state index contributed by atoms with van der Waals surface area (Å²) in [6.07, 6.45) is 0.658. The Labute approximate surface area is 175 Å². The maximum atomic E-state index is 12.5. The smallest absolute Gasteiger partial charge is 0.251 e. The number of carbonyl (C=O) groups excluding carboxylic acids is 1. The molecule has 0 unspecified atom stereocenters. The molecule has 2 heterocycles. The molecule has 0 aromatic heterocycles. The number of fused-ring (bicyclic) bond motifs is 3. The van der Waals surface area contributed by atoms with Gasteiger partial charge in [0, 0.05) is 25.1 Å². The van der Waals surface area contributed by atoms with Crippen LogP contribution >= 0.6 is 0 Å². The van der Waals surface area contributed by atoms with Gasteiger partial charge in [-0.2, -0.15) is 10.5 Å². The van der Waals surface area contributed by atoms with Crippen LogP contribution in [0.25, 0.3) is 11.1 Å². The van der Waals surface area contributed by atoms with Gasteiger partial charge in [-0.15, -0.1) is 0 Å². The zero-order valence-corrected chi connectivity index (χ0v) is 16.5. The Bertz CT molecular complexity index is 1030. The number of rotatable bonds is 4. The summed E-state index contributed by atoms with van der Waals surface area (Å²) in [7, 11) is 0. The van der Waals surface area contributed by atoms with Crippen molar-refractivity contribution in [2.24, 2.45) is 0 Å². The molecule has 2 aromatic rings. The number of amides is 1. The molecular weight excluding hydrogens is 380 g/mol. The fraction of sp³-hybridized carbons (Fsp3) is 0.348. The van der Waals surface area contributed by atoms with Gasteiger partial charge in [0.1, 0.15) is 24.5 Å². The van der Waals surface area contributed by atoms with E-state index in [0.29, 0.717) is 31.7 Å². The number of ether oxygens (including phenoxy) is 2. The third-order valence-electron chi connectivity index (χ3n) is 5.30. The lowest BCUT2D eigenvalue weighted by molar-refractivity contribution is -0.132. The Morgan fingerprint density at radius 1 is 1.23 bits per heavy atom. The maximum absolute atomic E-state index is 12.5. The molecule has 0 bridgehead atoms. The lowest BCUT2D eigenvalue weighted by atomic mass is 9.93. The number of hydrogen-bond acceptors (Lipinski definition) is 6. The molecule has 0 aliphatic carbocycles. The van der Waals surface area contributed by atoms with Crippen molar-refractivity contribution in [3.8, 4) is 29.0 Å². The Morgan fingerprint density at radius 2 is 2.10 bits per heavy atom. The van der Waals surface area contributed by atoms with Crippen LogP contribution in [0.2, 0.25) is 0 Å². The van der Waals surface area contributed by atoms with Crippen molar-refractivity contribution in [1.29, 1.82) is 10.5 Å². The standard InChI is InChI=1S/C23H22N4O3/c24-11-16-3-4-19-17(8-16)14-30-21-10-15(2-5-20(19)21)9-18(12-25)27-23(28)22-13-26-6-1-7-29-22/h2-5,8,10,18,22,26H,1,6-7,9,13-14H2,(H,27,28)/t18-,22-/m0/s1. The quantitative estimate of drug-likeness (QED) is 0.811. The first-order valence-corrected chi connectivity index (χ1v) is 9.99. The van der Waals surface area contributed by atoms with Crippen LogP contribution in [0, 0.1) is 22.7 Å². The topological polar surface area (TPSA) is 107 Å². The molecule has 2 atom stereocenters. The van der Waals surface area contributed by atoms with Crippen molar-refractivity contribution in [1.82, 2.24) is 10.6 Å². The highest BCUT2D eigenvalue weighted by atomic mass is 16.5. The summed E-state index contributed by atoms with van der Waals surface area (Å²) in [5, 5.41) is 24.6. The van der Waals surface area contributed by atoms with Crippen LogP contribution in [0.3, 0.4) is 0 Å². The Balaban J connectivity index is 1.46. The molecule has 1 fully saturated rings. The second-order valence-corrected chi connectivity index (χ2v) is 7.41. The first kappa shape index (κ1) is 19.9. The summed E-state index contributed by atoms with van der Waals surface area (Å²) >= 11 is 0. The molecular formula is C23H22N4O3. The van der Waals surface area contributed by atoms with Gasteiger partial charge < -0.3 is 20.1 Å². The van der Waals surface area contributed by atoms with Crippen LogP contribution in [0.1, 0.15) is 23.1 Å². The van der Waals surface area contributed by atoms with E-state index in [1.54, 1.807) is 6.07 Å². The molecule has 4 rings (SSSR count). The summed E-state index contributed by atoms with van der Waals surface area (Å²) in [6.45, 7) is 2.19. The summed E-state index contributed by atoms with van der Waals surface area (Å²) in [4.78, 5) is 12.5. The van der Waals surface area contributed by atoms with Gasteiger partial charge in [-0.05, 0) is 47.9 Å². The van der Waals surface area contributed by atoms with E-state index >= 15 is 0 Å². The zero-order valence-electron chi connectivity index (χ0n) is 16.5. The minimum absolute atomic E-state index is 0.271. The summed E-state index contributed by atoms with van der Waals surface area (Å²) in [5.74, 6) is 0.469. The fourth-order valence-electron chi connectivity index (χ4n) is 3.75. The van der Waals surface area contributed by atoms with Crippen molar-refractivity contribution in [2.75, 3.05) is 19.7 Å². The molecule has 0 saturated carbocycles. The predicted octanol–water partition coefficient (Wildman–Crippen LogP) is 2.05. The number of nitrogens with one attached hydrogen (secondary N) is 2. The maximum Gasteiger partial charge on any atom is 0.251 e. The normalized spacial score (nSPS) is 18.4. The SMILES string of the molecule is N#Cc1ccc2c(c1)COc1cc(C[C@@H](C#N)NC(=O)[C@@H]3CNCCCO3)ccc1-2. The number of nitriles is 2. The van der Waals surface area contributed by atoms with Gasteiger partial charge >= 0.3 is 0 Å². The average molecular weight is 402 g/mol. The Morgan fingerprint density at radius 3 is 2.93 bits per heavy atom. The summed E-state index contributed by atoms with van der Waals surface area (Å²) in [5.41, 5.74) is 4.49. The van der Waals surface area contributed by atoms with Crippen LogP contribution < -0.4 is 15.4 Å². The molecule has 152 valence electrons. The van der Waals surface area contributed by atoms with E-state index in [1.807, 2.05) is 30.3 Å². The van der Waals surface area contributed by atoms with Crippen LogP contribution in [0.5, 0.6) is 5.75 Å². The first-order valence-electron chi connectivity index (χ1n) is 9.99. The molecule has 30 heavy (non-hydrogen) atoms. The molecule has 2 N–H and O–H groups in total. The van der Waals surface area contributed by atoms with Gasteiger partial charge in [0.2, 0.25) is 0 Å². The highest BCUT2D eigenvalue weighted by Gasteiger charge is 2.24. The van der Waals surface area contributed by atoms with E-state index in [2.05, 4.69) is 22.8 Å². The minimum Gasteiger partial charge on any atom is -0.488 e. The predicted molar refractivity (Wildman–Crippen MR) is 109 cm³/mol. The lowest BCUT2D eigenvalue weighted by Gasteiger charge is -2.22. The third-order valence-corrected chi connectivity index (χ3v) is 5.30. The van der Waals surface area contributed by atoms with E-state index in [4.69, 9.17) is 14.7 Å². The summed E-state index contributed by atoms with van der Waals surface area (Å²) < 4.78 is 11.4. The monoisotopic (exact) mass is 402 g/mol. The largest absolute Gasteiger partial charge is 0.488 e. The van der Waals surface area contributed by atoms with Gasteiger partial charge in [-0.3, -0.25) is 4.79 Å². The van der Waals surface area contributed by atoms with Gasteiger partial charge in [0.15, 0.2) is 0 Å². The number of carbonyl (C=O) groups is 1. The highest BCUT2D eigenvalue weighted by Crippen LogP contribution is 2.38. The van der Waals surface area contributed by atoms with E-state index in [9.17, 15) is 10.1 Å². The second kappa shape index (κ2) is 8.96. The van der Waals surface area contributed by atoms with Crippen LogP contribution in [-0.2, 0) is 22.6 Å². The Kier molecular flexibility index (Phi) is 5.94. The molecule has 1 amide bonds. The summed E-state index contributed by atoms with van der Waals surface area (Å²) in [6, 6.07) is 15.1. The van der Waals surface area contributed by atoms with Crippen molar-refractivity contribution in [3.63, 3.8) is 0 Å². The zero-order chi connectivity index (χ0) is 20.9. The van der Waals surface area contributed by atoms with E-state index in [-0.39, 0.29) is 5.91 Å². The van der Waals surface area contributed by atoms with Gasteiger partial charge in [0.25, 0.3) is 5.91 Å². The van der Waals surface area contributed by atoms with Gasteiger partial charge in [0.05, 0.1) is 17.7 Å². The first-order chi connectivity index (χ1) is 14.7. The van der Waals surface area contributed by atoms with E-state index in [0.717, 1.165) is 41.0 Å². The number of nitrogens with zero attached hydrogens (tertiary/aromatic N) is 2. The molecule has 7 heteroatoms. The molecule has 0 radical (unpaired) electrons. The van der Waals surface area contributed by atoms with Crippen molar-refractivity contribution < 1.29 is 14.3 Å². The van der Waals surface area contributed by atoms with Crippen LogP contribution in [0.15, 0.2) is 36.4 Å². The minimum atomic E-state index is -0.656. The fourth-order valence-corrected chi connectivity index (χ4v) is 3.75. The van der Waals surface area contributed by atoms with Crippen molar-refractivity contribution in [2.45, 2.75) is 31.6 Å².